The highest BCUT2D eigenvalue weighted by atomic mass is 35.5. The molecule has 0 aromatic rings. The molecule has 2 atom stereocenters. The minimum Gasteiger partial charge on any atom is -0.343 e. The third-order valence-corrected chi connectivity index (χ3v) is 5.27. The SMILES string of the molecule is CN(C(=O)C1CCCC(N)C1)C1CCC(C)(C)CC1.Cl. The Morgan fingerprint density at radius 1 is 1.15 bits per heavy atom. The molecule has 2 aliphatic carbocycles. The van der Waals surface area contributed by atoms with Crippen LogP contribution in [0.1, 0.15) is 65.2 Å². The third-order valence-electron chi connectivity index (χ3n) is 5.27. The maximum atomic E-state index is 12.6. The molecule has 0 saturated heterocycles. The fourth-order valence-corrected chi connectivity index (χ4v) is 3.69. The second-order valence-electron chi connectivity index (χ2n) is 7.47. The molecular weight excluding hydrogens is 272 g/mol. The van der Waals surface area contributed by atoms with Crippen molar-refractivity contribution in [1.82, 2.24) is 4.90 Å². The summed E-state index contributed by atoms with van der Waals surface area (Å²) in [5, 5.41) is 0. The summed E-state index contributed by atoms with van der Waals surface area (Å²) < 4.78 is 0. The van der Waals surface area contributed by atoms with Crippen molar-refractivity contribution in [3.05, 3.63) is 0 Å². The minimum atomic E-state index is 0. The molecule has 0 aromatic carbocycles. The highest BCUT2D eigenvalue weighted by Crippen LogP contribution is 2.37. The van der Waals surface area contributed by atoms with Crippen LogP contribution in [0.4, 0.5) is 0 Å². The molecule has 118 valence electrons. The van der Waals surface area contributed by atoms with Gasteiger partial charge in [0.1, 0.15) is 0 Å². The Morgan fingerprint density at radius 3 is 2.30 bits per heavy atom. The molecule has 2 fully saturated rings. The second kappa shape index (κ2) is 7.13. The molecule has 0 spiro atoms. The maximum Gasteiger partial charge on any atom is 0.225 e. The molecule has 1 amide bonds. The normalized spacial score (nSPS) is 30.4. The summed E-state index contributed by atoms with van der Waals surface area (Å²) in [6.45, 7) is 4.68. The van der Waals surface area contributed by atoms with Gasteiger partial charge in [-0.15, -0.1) is 12.4 Å². The predicted octanol–water partition coefficient (Wildman–Crippen LogP) is 3.35. The van der Waals surface area contributed by atoms with Crippen LogP contribution in [-0.2, 0) is 4.79 Å². The molecule has 0 bridgehead atoms. The van der Waals surface area contributed by atoms with E-state index in [0.29, 0.717) is 17.4 Å². The lowest BCUT2D eigenvalue weighted by Crippen LogP contribution is -2.45. The van der Waals surface area contributed by atoms with Crippen LogP contribution >= 0.6 is 12.4 Å². The van der Waals surface area contributed by atoms with Crippen molar-refractivity contribution in [1.29, 1.82) is 0 Å². The van der Waals surface area contributed by atoms with Gasteiger partial charge in [0.05, 0.1) is 0 Å². The van der Waals surface area contributed by atoms with Gasteiger partial charge in [0.25, 0.3) is 0 Å². The van der Waals surface area contributed by atoms with E-state index in [-0.39, 0.29) is 24.4 Å². The molecule has 2 aliphatic rings. The van der Waals surface area contributed by atoms with Crippen molar-refractivity contribution in [2.45, 2.75) is 77.3 Å². The van der Waals surface area contributed by atoms with Crippen molar-refractivity contribution in [2.24, 2.45) is 17.1 Å². The van der Waals surface area contributed by atoms with Crippen LogP contribution in [0, 0.1) is 11.3 Å². The lowest BCUT2D eigenvalue weighted by atomic mass is 9.75. The zero-order chi connectivity index (χ0) is 14.0. The number of rotatable bonds is 2. The quantitative estimate of drug-likeness (QED) is 0.850. The Kier molecular flexibility index (Phi) is 6.33. The number of carbonyl (C=O) groups excluding carboxylic acids is 1. The summed E-state index contributed by atoms with van der Waals surface area (Å²) in [5.74, 6) is 0.531. The first kappa shape index (κ1) is 17.8. The molecule has 0 radical (unpaired) electrons. The van der Waals surface area contributed by atoms with E-state index in [1.54, 1.807) is 0 Å². The lowest BCUT2D eigenvalue weighted by molar-refractivity contribution is -0.138. The highest BCUT2D eigenvalue weighted by Gasteiger charge is 2.34. The predicted molar refractivity (Wildman–Crippen MR) is 86.0 cm³/mol. The van der Waals surface area contributed by atoms with E-state index >= 15 is 0 Å². The molecule has 2 N–H and O–H groups in total. The van der Waals surface area contributed by atoms with Gasteiger partial charge in [-0.1, -0.05) is 20.3 Å². The molecule has 20 heavy (non-hydrogen) atoms. The van der Waals surface area contributed by atoms with Gasteiger partial charge in [-0.05, 0) is 50.4 Å². The van der Waals surface area contributed by atoms with Crippen LogP contribution in [-0.4, -0.2) is 29.9 Å². The molecule has 3 nitrogen and oxygen atoms in total. The average molecular weight is 303 g/mol. The van der Waals surface area contributed by atoms with Gasteiger partial charge in [-0.2, -0.15) is 0 Å². The van der Waals surface area contributed by atoms with Crippen molar-refractivity contribution in [2.75, 3.05) is 7.05 Å². The van der Waals surface area contributed by atoms with E-state index in [2.05, 4.69) is 13.8 Å². The standard InChI is InChI=1S/C16H30N2O.ClH/c1-16(2)9-7-14(8-10-16)18(3)15(19)12-5-4-6-13(17)11-12;/h12-14H,4-11,17H2,1-3H3;1H. The van der Waals surface area contributed by atoms with Gasteiger partial charge < -0.3 is 10.6 Å². The van der Waals surface area contributed by atoms with Gasteiger partial charge in [-0.3, -0.25) is 4.79 Å². The van der Waals surface area contributed by atoms with E-state index in [9.17, 15) is 4.79 Å². The number of carbonyl (C=O) groups is 1. The Bertz CT molecular complexity index is 322. The summed E-state index contributed by atoms with van der Waals surface area (Å²) >= 11 is 0. The number of hydrogen-bond donors (Lipinski definition) is 1. The van der Waals surface area contributed by atoms with Crippen molar-refractivity contribution in [3.8, 4) is 0 Å². The van der Waals surface area contributed by atoms with Crippen molar-refractivity contribution >= 4 is 18.3 Å². The monoisotopic (exact) mass is 302 g/mol. The second-order valence-corrected chi connectivity index (χ2v) is 7.47. The summed E-state index contributed by atoms with van der Waals surface area (Å²) in [5.41, 5.74) is 6.47. The highest BCUT2D eigenvalue weighted by molar-refractivity contribution is 5.85. The van der Waals surface area contributed by atoms with E-state index in [0.717, 1.165) is 38.5 Å². The number of halogens is 1. The van der Waals surface area contributed by atoms with Crippen LogP contribution in [0.2, 0.25) is 0 Å². The summed E-state index contributed by atoms with van der Waals surface area (Å²) in [4.78, 5) is 14.6. The molecule has 2 unspecified atom stereocenters. The van der Waals surface area contributed by atoms with Crippen LogP contribution in [0.15, 0.2) is 0 Å². The minimum absolute atomic E-state index is 0. The van der Waals surface area contributed by atoms with Gasteiger partial charge in [0.2, 0.25) is 5.91 Å². The largest absolute Gasteiger partial charge is 0.343 e. The molecule has 0 aliphatic heterocycles. The smallest absolute Gasteiger partial charge is 0.225 e. The fourth-order valence-electron chi connectivity index (χ4n) is 3.69. The van der Waals surface area contributed by atoms with Gasteiger partial charge in [0.15, 0.2) is 0 Å². The van der Waals surface area contributed by atoms with Gasteiger partial charge in [-0.25, -0.2) is 0 Å². The summed E-state index contributed by atoms with van der Waals surface area (Å²) in [7, 11) is 2.01. The van der Waals surface area contributed by atoms with Gasteiger partial charge >= 0.3 is 0 Å². The Hall–Kier alpha value is -0.280. The molecule has 0 aromatic heterocycles. The van der Waals surface area contributed by atoms with E-state index in [1.165, 1.54) is 12.8 Å². The first-order valence-electron chi connectivity index (χ1n) is 7.91. The summed E-state index contributed by atoms with van der Waals surface area (Å²) in [6, 6.07) is 0.695. The van der Waals surface area contributed by atoms with Crippen LogP contribution in [0.5, 0.6) is 0 Å². The van der Waals surface area contributed by atoms with Crippen LogP contribution in [0.3, 0.4) is 0 Å². The number of amides is 1. The zero-order valence-corrected chi connectivity index (χ0v) is 14.0. The van der Waals surface area contributed by atoms with E-state index in [1.807, 2.05) is 11.9 Å². The first-order valence-corrected chi connectivity index (χ1v) is 7.91. The Morgan fingerprint density at radius 2 is 1.75 bits per heavy atom. The summed E-state index contributed by atoms with van der Waals surface area (Å²) in [6.07, 6.45) is 8.92. The molecule has 4 heteroatoms. The first-order chi connectivity index (χ1) is 8.89. The Balaban J connectivity index is 0.00000200. The topological polar surface area (TPSA) is 46.3 Å². The van der Waals surface area contributed by atoms with E-state index < -0.39 is 0 Å². The number of nitrogens with two attached hydrogens (primary N) is 1. The number of nitrogens with zero attached hydrogens (tertiary/aromatic N) is 1. The Labute approximate surface area is 130 Å². The maximum absolute atomic E-state index is 12.6. The molecule has 2 saturated carbocycles. The molecule has 2 rings (SSSR count). The van der Waals surface area contributed by atoms with Crippen LogP contribution < -0.4 is 5.73 Å². The average Bonchev–Trinajstić information content (AvgIpc) is 2.37. The lowest BCUT2D eigenvalue weighted by Gasteiger charge is -2.40. The van der Waals surface area contributed by atoms with Gasteiger partial charge in [0, 0.05) is 25.0 Å². The van der Waals surface area contributed by atoms with Crippen LogP contribution in [0.25, 0.3) is 0 Å². The van der Waals surface area contributed by atoms with E-state index in [4.69, 9.17) is 5.73 Å². The van der Waals surface area contributed by atoms with Crippen molar-refractivity contribution < 1.29 is 4.79 Å². The molecule has 0 heterocycles. The molecular formula is C16H31ClN2O. The zero-order valence-electron chi connectivity index (χ0n) is 13.2. The fraction of sp³-hybridized carbons (Fsp3) is 0.938. The number of hydrogen-bond acceptors (Lipinski definition) is 2. The third kappa shape index (κ3) is 4.36. The van der Waals surface area contributed by atoms with Crippen molar-refractivity contribution in [3.63, 3.8) is 0 Å².